The highest BCUT2D eigenvalue weighted by atomic mass is 16.6. The van der Waals surface area contributed by atoms with Crippen LogP contribution in [-0.2, 0) is 9.47 Å². The van der Waals surface area contributed by atoms with E-state index in [1.807, 2.05) is 53.1 Å². The van der Waals surface area contributed by atoms with Crippen LogP contribution in [0.2, 0.25) is 0 Å². The van der Waals surface area contributed by atoms with Gasteiger partial charge in [0.2, 0.25) is 0 Å². The first-order valence-electron chi connectivity index (χ1n) is 10.7. The molecule has 2 amide bonds. The molecular weight excluding hydrogens is 398 g/mol. The molecule has 1 aromatic rings. The normalized spacial score (nSPS) is 17.0. The number of ether oxygens (including phenoxy) is 2. The molecule has 2 atom stereocenters. The minimum Gasteiger partial charge on any atom is -0.452 e. The lowest BCUT2D eigenvalue weighted by atomic mass is 9.96. The Morgan fingerprint density at radius 1 is 1.26 bits per heavy atom. The fourth-order valence-electron chi connectivity index (χ4n) is 3.63. The Morgan fingerprint density at radius 2 is 1.97 bits per heavy atom. The molecule has 9 heteroatoms. The van der Waals surface area contributed by atoms with Crippen LogP contribution in [0.1, 0.15) is 32.3 Å². The molecule has 3 N–H and O–H groups in total. The van der Waals surface area contributed by atoms with Crippen molar-refractivity contribution in [1.29, 1.82) is 0 Å². The first kappa shape index (κ1) is 24.9. The largest absolute Gasteiger partial charge is 0.452 e. The van der Waals surface area contributed by atoms with Crippen LogP contribution in [0, 0.1) is 0 Å². The lowest BCUT2D eigenvalue weighted by Gasteiger charge is -2.40. The molecule has 1 aliphatic rings. The minimum absolute atomic E-state index is 0.0707. The highest BCUT2D eigenvalue weighted by molar-refractivity contribution is 6.00. The number of rotatable bonds is 8. The van der Waals surface area contributed by atoms with Crippen LogP contribution in [0.4, 0.5) is 21.0 Å². The Morgan fingerprint density at radius 3 is 2.55 bits per heavy atom. The first-order valence-corrected chi connectivity index (χ1v) is 10.7. The molecule has 1 heterocycles. The van der Waals surface area contributed by atoms with Gasteiger partial charge in [0.05, 0.1) is 37.2 Å². The van der Waals surface area contributed by atoms with Crippen molar-refractivity contribution in [1.82, 2.24) is 10.2 Å². The van der Waals surface area contributed by atoms with Crippen LogP contribution in [0.25, 0.3) is 0 Å². The van der Waals surface area contributed by atoms with Gasteiger partial charge in [0.1, 0.15) is 0 Å². The summed E-state index contributed by atoms with van der Waals surface area (Å²) in [4.78, 5) is 30.5. The zero-order valence-electron chi connectivity index (χ0n) is 19.6. The number of benzene rings is 1. The molecular formula is C22H37N5O4. The monoisotopic (exact) mass is 435 g/mol. The summed E-state index contributed by atoms with van der Waals surface area (Å²) in [5.74, 6) is 0.0707. The van der Waals surface area contributed by atoms with Crippen molar-refractivity contribution in [3.8, 4) is 0 Å². The van der Waals surface area contributed by atoms with E-state index in [4.69, 9.17) is 15.2 Å². The van der Waals surface area contributed by atoms with Gasteiger partial charge in [-0.1, -0.05) is 6.07 Å². The highest BCUT2D eigenvalue weighted by Gasteiger charge is 2.36. The second kappa shape index (κ2) is 11.3. The maximum Gasteiger partial charge on any atom is 0.414 e. The van der Waals surface area contributed by atoms with E-state index in [1.165, 1.54) is 7.11 Å². The maximum absolute atomic E-state index is 12.8. The molecule has 1 aliphatic heterocycles. The summed E-state index contributed by atoms with van der Waals surface area (Å²) in [6.07, 6.45) is -1.14. The number of nitrogens with two attached hydrogens (primary N) is 1. The number of hydrogen-bond acceptors (Lipinski definition) is 7. The molecule has 0 spiro atoms. The van der Waals surface area contributed by atoms with Crippen molar-refractivity contribution >= 4 is 23.6 Å². The Labute approximate surface area is 185 Å². The van der Waals surface area contributed by atoms with Gasteiger partial charge in [-0.15, -0.1) is 0 Å². The van der Waals surface area contributed by atoms with Gasteiger partial charge in [0.15, 0.2) is 0 Å². The number of hydrogen-bond donors (Lipinski definition) is 2. The van der Waals surface area contributed by atoms with Crippen LogP contribution in [0.3, 0.4) is 0 Å². The molecule has 31 heavy (non-hydrogen) atoms. The molecule has 0 saturated carbocycles. The highest BCUT2D eigenvalue weighted by Crippen LogP contribution is 2.38. The van der Waals surface area contributed by atoms with E-state index in [9.17, 15) is 9.59 Å². The number of nitrogens with zero attached hydrogens (tertiary/aromatic N) is 3. The smallest absolute Gasteiger partial charge is 0.414 e. The van der Waals surface area contributed by atoms with Gasteiger partial charge in [-0.3, -0.25) is 9.80 Å². The van der Waals surface area contributed by atoms with Gasteiger partial charge in [0.25, 0.3) is 0 Å². The predicted molar refractivity (Wildman–Crippen MR) is 123 cm³/mol. The van der Waals surface area contributed by atoms with E-state index in [0.717, 1.165) is 25.2 Å². The van der Waals surface area contributed by atoms with Crippen LogP contribution in [0.5, 0.6) is 0 Å². The van der Waals surface area contributed by atoms with E-state index < -0.39 is 12.2 Å². The van der Waals surface area contributed by atoms with Crippen LogP contribution in [-0.4, -0.2) is 83.2 Å². The molecule has 0 saturated heterocycles. The van der Waals surface area contributed by atoms with Crippen molar-refractivity contribution < 1.29 is 19.1 Å². The maximum atomic E-state index is 12.8. The zero-order chi connectivity index (χ0) is 23.1. The fourth-order valence-corrected chi connectivity index (χ4v) is 3.63. The molecule has 0 radical (unpaired) electrons. The van der Waals surface area contributed by atoms with Crippen molar-refractivity contribution in [2.75, 3.05) is 63.7 Å². The van der Waals surface area contributed by atoms with E-state index in [-0.39, 0.29) is 18.1 Å². The van der Waals surface area contributed by atoms with Crippen molar-refractivity contribution in [2.45, 2.75) is 38.8 Å². The van der Waals surface area contributed by atoms with Gasteiger partial charge in [-0.25, -0.2) is 9.59 Å². The first-order chi connectivity index (χ1) is 14.7. The Bertz CT molecular complexity index is 755. The summed E-state index contributed by atoms with van der Waals surface area (Å²) in [6, 6.07) is 5.49. The lowest BCUT2D eigenvalue weighted by Crippen LogP contribution is -2.52. The summed E-state index contributed by atoms with van der Waals surface area (Å²) in [5, 5.41) is 3.44. The molecule has 2 rings (SSSR count). The number of anilines is 2. The van der Waals surface area contributed by atoms with Gasteiger partial charge in [-0.2, -0.15) is 0 Å². The number of likely N-dealkylation sites (N-methyl/N-ethyl adjacent to an activating group) is 1. The van der Waals surface area contributed by atoms with Crippen LogP contribution < -0.4 is 20.9 Å². The second-order valence-electron chi connectivity index (χ2n) is 8.42. The molecule has 9 nitrogen and oxygen atoms in total. The molecule has 1 aromatic carbocycles. The number of carbonyl (C=O) groups excluding carboxylic acids is 2. The van der Waals surface area contributed by atoms with Crippen LogP contribution >= 0.6 is 0 Å². The topological polar surface area (TPSA) is 100 Å². The fraction of sp³-hybridized carbons (Fsp3) is 0.636. The predicted octanol–water partition coefficient (Wildman–Crippen LogP) is 2.21. The molecule has 0 aromatic heterocycles. The molecule has 0 bridgehead atoms. The average molecular weight is 436 g/mol. The van der Waals surface area contributed by atoms with Crippen molar-refractivity contribution in [3.05, 3.63) is 23.8 Å². The summed E-state index contributed by atoms with van der Waals surface area (Å²) >= 11 is 0. The lowest BCUT2D eigenvalue weighted by molar-refractivity contribution is 0.121. The number of methoxy groups -OCH3 is 1. The summed E-state index contributed by atoms with van der Waals surface area (Å²) in [6.45, 7) is 8.78. The molecule has 1 unspecified atom stereocenters. The van der Waals surface area contributed by atoms with Gasteiger partial charge >= 0.3 is 12.2 Å². The zero-order valence-corrected chi connectivity index (χ0v) is 19.6. The number of nitrogens with one attached hydrogen (secondary N) is 1. The summed E-state index contributed by atoms with van der Waals surface area (Å²) < 4.78 is 10.4. The van der Waals surface area contributed by atoms with E-state index in [2.05, 4.69) is 10.2 Å². The molecule has 0 fully saturated rings. The second-order valence-corrected chi connectivity index (χ2v) is 8.42. The Balaban J connectivity index is 2.37. The Hall–Kier alpha value is -2.36. The quantitative estimate of drug-likeness (QED) is 0.604. The van der Waals surface area contributed by atoms with Gasteiger partial charge < -0.3 is 25.4 Å². The summed E-state index contributed by atoms with van der Waals surface area (Å²) in [5.41, 5.74) is 8.30. The number of amides is 2. The van der Waals surface area contributed by atoms with Crippen LogP contribution in [0.15, 0.2) is 18.2 Å². The minimum atomic E-state index is -0.459. The third kappa shape index (κ3) is 6.32. The van der Waals surface area contributed by atoms with Gasteiger partial charge in [-0.05, 0) is 52.6 Å². The molecule has 0 aliphatic carbocycles. The van der Waals surface area contributed by atoms with Gasteiger partial charge in [0, 0.05) is 32.1 Å². The Kier molecular flexibility index (Phi) is 9.09. The van der Waals surface area contributed by atoms with Crippen molar-refractivity contribution in [2.24, 2.45) is 5.73 Å². The third-order valence-electron chi connectivity index (χ3n) is 5.25. The van der Waals surface area contributed by atoms with Crippen molar-refractivity contribution in [3.63, 3.8) is 0 Å². The molecule has 174 valence electrons. The standard InChI is InChI=1S/C22H37N5O4/c1-15(2)31-21(28)26-14-16(3)27(22(29)30-6)19-8-7-17(11-20(19)26)18(12-23)13-24-9-10-25(4)5/h7-8,11,15-16,18,24H,9-10,12-14,23H2,1-6H3/t16-,18?/m0/s1. The third-order valence-corrected chi connectivity index (χ3v) is 5.25. The van der Waals surface area contributed by atoms with E-state index in [1.54, 1.807) is 9.80 Å². The van der Waals surface area contributed by atoms with E-state index in [0.29, 0.717) is 24.5 Å². The van der Waals surface area contributed by atoms with E-state index >= 15 is 0 Å². The SMILES string of the molecule is COC(=O)N1c2ccc(C(CN)CNCCN(C)C)cc2N(C(=O)OC(C)C)C[C@@H]1C. The average Bonchev–Trinajstić information content (AvgIpc) is 2.71. The number of fused-ring (bicyclic) bond motifs is 1. The number of carbonyl (C=O) groups is 2. The summed E-state index contributed by atoms with van der Waals surface area (Å²) in [7, 11) is 5.42.